The number of ether oxygens (including phenoxy) is 2. The van der Waals surface area contributed by atoms with Crippen LogP contribution in [0.15, 0.2) is 24.3 Å². The van der Waals surface area contributed by atoms with E-state index in [1.807, 2.05) is 0 Å². The Morgan fingerprint density at radius 1 is 1.30 bits per heavy atom. The average Bonchev–Trinajstić information content (AvgIpc) is 2.64. The van der Waals surface area contributed by atoms with Crippen LogP contribution < -0.4 is 15.8 Å². The monoisotopic (exact) mass is 278 g/mol. The van der Waals surface area contributed by atoms with E-state index in [1.54, 1.807) is 24.3 Å². The first kappa shape index (κ1) is 14.2. The lowest BCUT2D eigenvalue weighted by molar-refractivity contribution is -0.157. The Bertz CT molecular complexity index is 473. The molecule has 6 heteroatoms. The van der Waals surface area contributed by atoms with Crippen LogP contribution in [0.4, 0.5) is 5.69 Å². The highest BCUT2D eigenvalue weighted by atomic mass is 16.6. The molecule has 1 aromatic rings. The second kappa shape index (κ2) is 6.79. The fourth-order valence-corrected chi connectivity index (χ4v) is 1.92. The summed E-state index contributed by atoms with van der Waals surface area (Å²) < 4.78 is 10.4. The highest BCUT2D eigenvalue weighted by Crippen LogP contribution is 2.14. The average molecular weight is 278 g/mol. The van der Waals surface area contributed by atoms with E-state index in [1.165, 1.54) is 0 Å². The largest absolute Gasteiger partial charge is 0.482 e. The summed E-state index contributed by atoms with van der Waals surface area (Å²) in [6.45, 7) is 0.405. The second-order valence-corrected chi connectivity index (χ2v) is 4.62. The van der Waals surface area contributed by atoms with Crippen molar-refractivity contribution in [2.75, 3.05) is 18.9 Å². The van der Waals surface area contributed by atoms with Gasteiger partial charge in [-0.25, -0.2) is 4.79 Å². The number of carbonyl (C=O) groups excluding carboxylic acids is 2. The minimum atomic E-state index is -0.708. The molecule has 0 saturated carbocycles. The topological polar surface area (TPSA) is 90.7 Å². The number of anilines is 1. The maximum atomic E-state index is 11.7. The zero-order valence-corrected chi connectivity index (χ0v) is 11.1. The Hall–Kier alpha value is -2.24. The van der Waals surface area contributed by atoms with Crippen molar-refractivity contribution >= 4 is 17.6 Å². The number of hydrogen-bond donors (Lipinski definition) is 2. The Kier molecular flexibility index (Phi) is 4.81. The molecule has 0 radical (unpaired) electrons. The highest BCUT2D eigenvalue weighted by Gasteiger charge is 2.24. The van der Waals surface area contributed by atoms with E-state index in [9.17, 15) is 9.59 Å². The van der Waals surface area contributed by atoms with Crippen LogP contribution in [0.25, 0.3) is 0 Å². The molecule has 2 rings (SSSR count). The summed E-state index contributed by atoms with van der Waals surface area (Å²) in [6.07, 6.45) is 1.61. The first-order valence-corrected chi connectivity index (χ1v) is 6.60. The van der Waals surface area contributed by atoms with Crippen LogP contribution in [0.2, 0.25) is 0 Å². The zero-order chi connectivity index (χ0) is 14.4. The number of carbonyl (C=O) groups is 2. The Morgan fingerprint density at radius 2 is 2.05 bits per heavy atom. The van der Waals surface area contributed by atoms with Gasteiger partial charge in [-0.05, 0) is 43.5 Å². The lowest BCUT2D eigenvalue weighted by Crippen LogP contribution is -2.37. The molecular weight excluding hydrogens is 260 g/mol. The molecule has 3 N–H and O–H groups in total. The van der Waals surface area contributed by atoms with Crippen LogP contribution in [0.5, 0.6) is 5.75 Å². The van der Waals surface area contributed by atoms with Crippen LogP contribution in [0.1, 0.15) is 19.3 Å². The van der Waals surface area contributed by atoms with Crippen molar-refractivity contribution in [3.63, 3.8) is 0 Å². The molecule has 1 heterocycles. The minimum Gasteiger partial charge on any atom is -0.482 e. The summed E-state index contributed by atoms with van der Waals surface area (Å²) in [6, 6.07) is 6.70. The van der Waals surface area contributed by atoms with E-state index in [0.717, 1.165) is 12.8 Å². The molecule has 1 aliphatic rings. The summed E-state index contributed by atoms with van der Waals surface area (Å²) in [5.74, 6) is -0.256. The smallest absolute Gasteiger partial charge is 0.344 e. The maximum Gasteiger partial charge on any atom is 0.344 e. The maximum absolute atomic E-state index is 11.7. The normalized spacial score (nSPS) is 18.8. The third kappa shape index (κ3) is 4.15. The van der Waals surface area contributed by atoms with Crippen molar-refractivity contribution in [3.8, 4) is 5.75 Å². The van der Waals surface area contributed by atoms with E-state index in [0.29, 0.717) is 24.4 Å². The van der Waals surface area contributed by atoms with E-state index in [2.05, 4.69) is 5.32 Å². The SMILES string of the molecule is Nc1ccc(OCC(=O)OC2CCCCNC2=O)cc1. The first-order valence-electron chi connectivity index (χ1n) is 6.60. The van der Waals surface area contributed by atoms with E-state index >= 15 is 0 Å². The fourth-order valence-electron chi connectivity index (χ4n) is 1.92. The zero-order valence-electron chi connectivity index (χ0n) is 11.1. The number of nitrogen functional groups attached to an aromatic ring is 1. The van der Waals surface area contributed by atoms with Gasteiger partial charge < -0.3 is 20.5 Å². The number of benzene rings is 1. The molecule has 6 nitrogen and oxygen atoms in total. The van der Waals surface area contributed by atoms with Gasteiger partial charge in [0.1, 0.15) is 5.75 Å². The highest BCUT2D eigenvalue weighted by molar-refractivity contribution is 5.84. The van der Waals surface area contributed by atoms with Crippen LogP contribution in [-0.4, -0.2) is 31.1 Å². The molecule has 20 heavy (non-hydrogen) atoms. The van der Waals surface area contributed by atoms with Crippen LogP contribution in [0.3, 0.4) is 0 Å². The molecule has 0 bridgehead atoms. The predicted molar refractivity (Wildman–Crippen MR) is 73.1 cm³/mol. The molecule has 1 atom stereocenters. The van der Waals surface area contributed by atoms with Crippen molar-refractivity contribution < 1.29 is 19.1 Å². The molecule has 1 aliphatic heterocycles. The summed E-state index contributed by atoms with van der Waals surface area (Å²) in [5.41, 5.74) is 6.17. The van der Waals surface area contributed by atoms with Crippen molar-refractivity contribution in [1.29, 1.82) is 0 Å². The van der Waals surface area contributed by atoms with Crippen LogP contribution in [-0.2, 0) is 14.3 Å². The number of nitrogens with two attached hydrogens (primary N) is 1. The summed E-state index contributed by atoms with van der Waals surface area (Å²) >= 11 is 0. The number of hydrogen-bond acceptors (Lipinski definition) is 5. The molecule has 0 spiro atoms. The summed E-state index contributed by atoms with van der Waals surface area (Å²) in [5, 5.41) is 2.71. The molecule has 1 saturated heterocycles. The Balaban J connectivity index is 1.79. The second-order valence-electron chi connectivity index (χ2n) is 4.62. The first-order chi connectivity index (χ1) is 9.65. The molecule has 1 unspecified atom stereocenters. The Morgan fingerprint density at radius 3 is 2.80 bits per heavy atom. The standard InChI is InChI=1S/C14H18N2O4/c15-10-4-6-11(7-5-10)19-9-13(17)20-12-3-1-2-8-16-14(12)18/h4-7,12H,1-3,8-9,15H2,(H,16,18). The van der Waals surface area contributed by atoms with E-state index in [4.69, 9.17) is 15.2 Å². The van der Waals surface area contributed by atoms with Gasteiger partial charge in [0, 0.05) is 12.2 Å². The number of esters is 1. The van der Waals surface area contributed by atoms with E-state index in [-0.39, 0.29) is 12.5 Å². The molecule has 1 amide bonds. The molecule has 1 fully saturated rings. The molecule has 0 aromatic heterocycles. The molecule has 108 valence electrons. The van der Waals surface area contributed by atoms with Gasteiger partial charge >= 0.3 is 5.97 Å². The van der Waals surface area contributed by atoms with Gasteiger partial charge in [-0.2, -0.15) is 0 Å². The Labute approximate surface area is 117 Å². The summed E-state index contributed by atoms with van der Waals surface area (Å²) in [7, 11) is 0. The number of amides is 1. The van der Waals surface area contributed by atoms with Crippen molar-refractivity contribution in [2.45, 2.75) is 25.4 Å². The molecule has 0 aliphatic carbocycles. The van der Waals surface area contributed by atoms with Gasteiger partial charge in [0.2, 0.25) is 0 Å². The lowest BCUT2D eigenvalue weighted by atomic mass is 10.2. The van der Waals surface area contributed by atoms with Gasteiger partial charge in [-0.3, -0.25) is 4.79 Å². The lowest BCUT2D eigenvalue weighted by Gasteiger charge is -2.14. The van der Waals surface area contributed by atoms with Crippen LogP contribution in [0, 0.1) is 0 Å². The number of rotatable bonds is 4. The van der Waals surface area contributed by atoms with Gasteiger partial charge in [0.25, 0.3) is 5.91 Å². The fraction of sp³-hybridized carbons (Fsp3) is 0.429. The number of nitrogens with one attached hydrogen (secondary N) is 1. The molecule has 1 aromatic carbocycles. The molecular formula is C14H18N2O4. The van der Waals surface area contributed by atoms with Gasteiger partial charge in [-0.15, -0.1) is 0 Å². The third-order valence-electron chi connectivity index (χ3n) is 3.00. The van der Waals surface area contributed by atoms with Gasteiger partial charge in [0.05, 0.1) is 0 Å². The summed E-state index contributed by atoms with van der Waals surface area (Å²) in [4.78, 5) is 23.3. The van der Waals surface area contributed by atoms with Crippen molar-refractivity contribution in [3.05, 3.63) is 24.3 Å². The van der Waals surface area contributed by atoms with Crippen molar-refractivity contribution in [1.82, 2.24) is 5.32 Å². The third-order valence-corrected chi connectivity index (χ3v) is 3.00. The minimum absolute atomic E-state index is 0.228. The van der Waals surface area contributed by atoms with Crippen LogP contribution >= 0.6 is 0 Å². The van der Waals surface area contributed by atoms with Gasteiger partial charge in [-0.1, -0.05) is 0 Å². The van der Waals surface area contributed by atoms with E-state index < -0.39 is 12.1 Å². The predicted octanol–water partition coefficient (Wildman–Crippen LogP) is 0.859. The quantitative estimate of drug-likeness (QED) is 0.629. The van der Waals surface area contributed by atoms with Gasteiger partial charge in [0.15, 0.2) is 12.7 Å². The van der Waals surface area contributed by atoms with Crippen molar-refractivity contribution in [2.24, 2.45) is 0 Å².